The Bertz CT molecular complexity index is 462. The number of imidazole rings is 1. The molecule has 0 spiro atoms. The highest BCUT2D eigenvalue weighted by Crippen LogP contribution is 2.17. The lowest BCUT2D eigenvalue weighted by Gasteiger charge is -2.06. The van der Waals surface area contributed by atoms with Crippen molar-refractivity contribution in [3.8, 4) is 0 Å². The van der Waals surface area contributed by atoms with Gasteiger partial charge in [-0.3, -0.25) is 0 Å². The van der Waals surface area contributed by atoms with E-state index >= 15 is 0 Å². The van der Waals surface area contributed by atoms with Crippen LogP contribution in [0.4, 0.5) is 5.95 Å². The molecule has 3 nitrogen and oxygen atoms in total. The molecule has 15 heavy (non-hydrogen) atoms. The molecule has 0 fully saturated rings. The summed E-state index contributed by atoms with van der Waals surface area (Å²) in [7, 11) is 2.00. The minimum atomic E-state index is 0.102. The molecule has 80 valence electrons. The zero-order chi connectivity index (χ0) is 10.8. The number of halogens is 1. The van der Waals surface area contributed by atoms with E-state index < -0.39 is 0 Å². The SMILES string of the molecule is CC(Cl)CNc1nc2ccccc2n1C. The summed E-state index contributed by atoms with van der Waals surface area (Å²) in [5.74, 6) is 0.865. The highest BCUT2D eigenvalue weighted by atomic mass is 35.5. The van der Waals surface area contributed by atoms with Crippen LogP contribution >= 0.6 is 11.6 Å². The number of hydrogen-bond donors (Lipinski definition) is 1. The third-order valence-corrected chi connectivity index (χ3v) is 2.48. The fourth-order valence-electron chi connectivity index (χ4n) is 1.54. The molecule has 1 unspecified atom stereocenters. The molecule has 4 heteroatoms. The van der Waals surface area contributed by atoms with Crippen molar-refractivity contribution in [1.29, 1.82) is 0 Å². The fraction of sp³-hybridized carbons (Fsp3) is 0.364. The van der Waals surface area contributed by atoms with Gasteiger partial charge in [-0.1, -0.05) is 12.1 Å². The summed E-state index contributed by atoms with van der Waals surface area (Å²) in [6.07, 6.45) is 0. The molecule has 1 aromatic heterocycles. The van der Waals surface area contributed by atoms with Gasteiger partial charge in [0.2, 0.25) is 5.95 Å². The van der Waals surface area contributed by atoms with E-state index in [0.717, 1.165) is 23.5 Å². The fourth-order valence-corrected chi connectivity index (χ4v) is 1.61. The summed E-state index contributed by atoms with van der Waals surface area (Å²) < 4.78 is 2.04. The lowest BCUT2D eigenvalue weighted by molar-refractivity contribution is 0.903. The topological polar surface area (TPSA) is 29.9 Å². The first-order chi connectivity index (χ1) is 7.18. The molecule has 0 radical (unpaired) electrons. The molecule has 0 aliphatic heterocycles. The molecular formula is C11H14ClN3. The van der Waals surface area contributed by atoms with Crippen molar-refractivity contribution < 1.29 is 0 Å². The predicted octanol–water partition coefficient (Wildman–Crippen LogP) is 2.61. The number of nitrogens with zero attached hydrogens (tertiary/aromatic N) is 2. The summed E-state index contributed by atoms with van der Waals surface area (Å²) >= 11 is 5.88. The highest BCUT2D eigenvalue weighted by molar-refractivity contribution is 6.20. The van der Waals surface area contributed by atoms with E-state index in [0.29, 0.717) is 0 Å². The molecule has 2 aromatic rings. The number of aromatic nitrogens is 2. The molecule has 1 atom stereocenters. The molecule has 0 saturated heterocycles. The molecule has 0 saturated carbocycles. The first-order valence-electron chi connectivity index (χ1n) is 4.98. The van der Waals surface area contributed by atoms with Crippen LogP contribution in [-0.2, 0) is 7.05 Å². The third kappa shape index (κ3) is 2.07. The van der Waals surface area contributed by atoms with Gasteiger partial charge < -0.3 is 9.88 Å². The molecule has 1 aromatic carbocycles. The van der Waals surface area contributed by atoms with Crippen LogP contribution in [0.25, 0.3) is 11.0 Å². The van der Waals surface area contributed by atoms with Gasteiger partial charge in [-0.05, 0) is 19.1 Å². The quantitative estimate of drug-likeness (QED) is 0.811. The molecule has 0 aliphatic carbocycles. The van der Waals surface area contributed by atoms with Gasteiger partial charge >= 0.3 is 0 Å². The Morgan fingerprint density at radius 2 is 2.20 bits per heavy atom. The van der Waals surface area contributed by atoms with Gasteiger partial charge in [0.15, 0.2) is 0 Å². The van der Waals surface area contributed by atoms with Gasteiger partial charge in [0.05, 0.1) is 11.0 Å². The minimum absolute atomic E-state index is 0.102. The second-order valence-corrected chi connectivity index (χ2v) is 4.39. The van der Waals surface area contributed by atoms with Gasteiger partial charge in [0.1, 0.15) is 0 Å². The van der Waals surface area contributed by atoms with Gasteiger partial charge in [-0.25, -0.2) is 4.98 Å². The molecule has 0 amide bonds. The van der Waals surface area contributed by atoms with Crippen LogP contribution < -0.4 is 5.32 Å². The average Bonchev–Trinajstić information content (AvgIpc) is 2.54. The Morgan fingerprint density at radius 1 is 1.47 bits per heavy atom. The smallest absolute Gasteiger partial charge is 0.203 e. The molecule has 0 bridgehead atoms. The van der Waals surface area contributed by atoms with Crippen LogP contribution in [-0.4, -0.2) is 21.5 Å². The van der Waals surface area contributed by atoms with Crippen molar-refractivity contribution >= 4 is 28.6 Å². The number of rotatable bonds is 3. The Morgan fingerprint density at radius 3 is 2.87 bits per heavy atom. The Kier molecular flexibility index (Phi) is 2.82. The Hall–Kier alpha value is -1.22. The van der Waals surface area contributed by atoms with Crippen molar-refractivity contribution in [3.63, 3.8) is 0 Å². The van der Waals surface area contributed by atoms with Gasteiger partial charge in [-0.2, -0.15) is 0 Å². The van der Waals surface area contributed by atoms with Crippen LogP contribution in [0.1, 0.15) is 6.92 Å². The zero-order valence-electron chi connectivity index (χ0n) is 8.87. The zero-order valence-corrected chi connectivity index (χ0v) is 9.62. The van der Waals surface area contributed by atoms with Crippen molar-refractivity contribution in [2.45, 2.75) is 12.3 Å². The highest BCUT2D eigenvalue weighted by Gasteiger charge is 2.06. The van der Waals surface area contributed by atoms with Crippen molar-refractivity contribution in [2.75, 3.05) is 11.9 Å². The maximum absolute atomic E-state index is 5.88. The lowest BCUT2D eigenvalue weighted by atomic mass is 10.3. The van der Waals surface area contributed by atoms with E-state index in [1.807, 2.05) is 36.7 Å². The van der Waals surface area contributed by atoms with Crippen LogP contribution in [0, 0.1) is 0 Å². The Labute approximate surface area is 94.1 Å². The normalized spacial score (nSPS) is 13.0. The Balaban J connectivity index is 2.32. The van der Waals surface area contributed by atoms with E-state index in [9.17, 15) is 0 Å². The third-order valence-electron chi connectivity index (χ3n) is 2.33. The number of aryl methyl sites for hydroxylation is 1. The molecule has 2 rings (SSSR count). The summed E-state index contributed by atoms with van der Waals surface area (Å²) in [4.78, 5) is 4.48. The van der Waals surface area contributed by atoms with Crippen molar-refractivity contribution in [3.05, 3.63) is 24.3 Å². The van der Waals surface area contributed by atoms with Crippen LogP contribution in [0.5, 0.6) is 0 Å². The van der Waals surface area contributed by atoms with E-state index in [-0.39, 0.29) is 5.38 Å². The van der Waals surface area contributed by atoms with Crippen molar-refractivity contribution in [1.82, 2.24) is 9.55 Å². The molecule has 0 aliphatic rings. The van der Waals surface area contributed by atoms with Crippen LogP contribution in [0.2, 0.25) is 0 Å². The number of hydrogen-bond acceptors (Lipinski definition) is 2. The number of fused-ring (bicyclic) bond motifs is 1. The number of para-hydroxylation sites is 2. The summed E-state index contributed by atoms with van der Waals surface area (Å²) in [5, 5.41) is 3.32. The van der Waals surface area contributed by atoms with Crippen LogP contribution in [0.3, 0.4) is 0 Å². The monoisotopic (exact) mass is 223 g/mol. The number of nitrogens with one attached hydrogen (secondary N) is 1. The van der Waals surface area contributed by atoms with Crippen molar-refractivity contribution in [2.24, 2.45) is 7.05 Å². The second kappa shape index (κ2) is 4.11. The van der Waals surface area contributed by atoms with Crippen LogP contribution in [0.15, 0.2) is 24.3 Å². The first kappa shape index (κ1) is 10.3. The van der Waals surface area contributed by atoms with Gasteiger partial charge in [0.25, 0.3) is 0 Å². The summed E-state index contributed by atoms with van der Waals surface area (Å²) in [6.45, 7) is 2.68. The van der Waals surface area contributed by atoms with E-state index in [1.54, 1.807) is 0 Å². The van der Waals surface area contributed by atoms with Gasteiger partial charge in [0, 0.05) is 19.0 Å². The number of benzene rings is 1. The number of anilines is 1. The molecule has 1 N–H and O–H groups in total. The largest absolute Gasteiger partial charge is 0.354 e. The van der Waals surface area contributed by atoms with E-state index in [4.69, 9.17) is 11.6 Å². The average molecular weight is 224 g/mol. The second-order valence-electron chi connectivity index (χ2n) is 3.64. The maximum atomic E-state index is 5.88. The minimum Gasteiger partial charge on any atom is -0.354 e. The molecular weight excluding hydrogens is 210 g/mol. The molecule has 1 heterocycles. The predicted molar refractivity (Wildman–Crippen MR) is 64.5 cm³/mol. The standard InChI is InChI=1S/C11H14ClN3/c1-8(12)7-13-11-14-9-5-3-4-6-10(9)15(11)2/h3-6,8H,7H2,1-2H3,(H,13,14). The van der Waals surface area contributed by atoms with Gasteiger partial charge in [-0.15, -0.1) is 11.6 Å². The number of alkyl halides is 1. The lowest BCUT2D eigenvalue weighted by Crippen LogP contribution is -2.13. The summed E-state index contributed by atoms with van der Waals surface area (Å²) in [5.41, 5.74) is 2.13. The summed E-state index contributed by atoms with van der Waals surface area (Å²) in [6, 6.07) is 8.06. The first-order valence-corrected chi connectivity index (χ1v) is 5.41. The van der Waals surface area contributed by atoms with E-state index in [1.165, 1.54) is 0 Å². The maximum Gasteiger partial charge on any atom is 0.203 e. The van der Waals surface area contributed by atoms with E-state index in [2.05, 4.69) is 16.4 Å².